The molecular weight excluding hydrogens is 831 g/mol. The molecule has 28 heavy (non-hydrogen) atoms. The van der Waals surface area contributed by atoms with Crippen molar-refractivity contribution >= 4 is 25.9 Å². The predicted molar refractivity (Wildman–Crippen MR) is 87.1 cm³/mol. The molecule has 0 nitrogen and oxygen atoms in total. The molecule has 0 unspecified atom stereocenters. The van der Waals surface area contributed by atoms with Gasteiger partial charge in [0.05, 0.1) is 0 Å². The van der Waals surface area contributed by atoms with E-state index in [-0.39, 0.29) is 207 Å². The van der Waals surface area contributed by atoms with E-state index in [9.17, 15) is 8.78 Å². The summed E-state index contributed by atoms with van der Waals surface area (Å²) in [6.07, 6.45) is 0. The molecule has 0 fully saturated rings. The first kappa shape index (κ1) is 39.6. The second kappa shape index (κ2) is 19.7. The predicted octanol–water partition coefficient (Wildman–Crippen LogP) is 3.78. The summed E-state index contributed by atoms with van der Waals surface area (Å²) in [6.45, 7) is 0. The van der Waals surface area contributed by atoms with Crippen molar-refractivity contribution in [3.63, 3.8) is 0 Å². The van der Waals surface area contributed by atoms with Crippen LogP contribution in [0.5, 0.6) is 0 Å². The largest absolute Gasteiger partial charge is 0.799 e. The van der Waals surface area contributed by atoms with E-state index < -0.39 is 11.6 Å². The maximum Gasteiger partial charge on any atom is 0.156 e. The topological polar surface area (TPSA) is 0 Å². The Morgan fingerprint density at radius 1 is 0.679 bits per heavy atom. The minimum Gasteiger partial charge on any atom is -0.799 e. The van der Waals surface area contributed by atoms with Crippen LogP contribution in [0.4, 0.5) is 8.78 Å². The Balaban J connectivity index is -0.000000480. The third-order valence-electron chi connectivity index (χ3n) is 3.40. The normalized spacial score (nSPS) is 8.36. The zero-order valence-corrected chi connectivity index (χ0v) is 32.7. The first-order valence-electron chi connectivity index (χ1n) is 6.60. The third-order valence-corrected chi connectivity index (χ3v) is 3.72. The second-order valence-electron chi connectivity index (χ2n) is 4.81. The van der Waals surface area contributed by atoms with Crippen LogP contribution in [-0.4, -0.2) is 7.85 Å². The van der Waals surface area contributed by atoms with Crippen molar-refractivity contribution in [2.24, 2.45) is 0 Å². The molecule has 0 N–H and O–H groups in total. The van der Waals surface area contributed by atoms with Gasteiger partial charge in [0.15, 0.2) is 11.6 Å². The summed E-state index contributed by atoms with van der Waals surface area (Å²) >= 11 is 5.28. The van der Waals surface area contributed by atoms with Crippen molar-refractivity contribution in [3.05, 3.63) is 72.3 Å². The first-order chi connectivity index (χ1) is 10.6. The van der Waals surface area contributed by atoms with Gasteiger partial charge in [0.1, 0.15) is 7.85 Å². The molecule has 0 aliphatic carbocycles. The van der Waals surface area contributed by atoms with Gasteiger partial charge in [-0.05, 0) is 5.56 Å². The van der Waals surface area contributed by atoms with E-state index in [1.54, 1.807) is 12.1 Å². The molecule has 10 heteroatoms. The molecule has 0 bridgehead atoms. The molecule has 0 aromatic heterocycles. The van der Waals surface area contributed by atoms with Gasteiger partial charge in [-0.2, -0.15) is 6.07 Å². The van der Waals surface area contributed by atoms with E-state index in [0.717, 1.165) is 11.1 Å². The average Bonchev–Trinajstić information content (AvgIpc) is 2.54. The van der Waals surface area contributed by atoms with E-state index in [2.05, 4.69) is 6.07 Å². The van der Waals surface area contributed by atoms with E-state index in [1.807, 2.05) is 30.3 Å². The molecule has 0 aliphatic heterocycles. The Bertz CT molecular complexity index is 853. The summed E-state index contributed by atoms with van der Waals surface area (Å²) in [5, 5.41) is 0. The third kappa shape index (κ3) is 10.4. The zero-order chi connectivity index (χ0) is 15.7. The van der Waals surface area contributed by atoms with Gasteiger partial charge in [-0.25, -0.2) is 8.78 Å². The molecule has 0 saturated heterocycles. The van der Waals surface area contributed by atoms with Gasteiger partial charge < -0.3 is 12.6 Å². The van der Waals surface area contributed by atoms with Crippen molar-refractivity contribution in [2.75, 3.05) is 0 Å². The van der Waals surface area contributed by atoms with Gasteiger partial charge in [0.2, 0.25) is 0 Å². The van der Waals surface area contributed by atoms with Crippen molar-refractivity contribution in [1.29, 1.82) is 0 Å². The van der Waals surface area contributed by atoms with Crippen molar-refractivity contribution < 1.29 is 205 Å². The van der Waals surface area contributed by atoms with Gasteiger partial charge in [-0.15, -0.1) is 23.3 Å². The molecule has 0 amide bonds. The van der Waals surface area contributed by atoms with Gasteiger partial charge in [0, 0.05) is 196 Å². The molecule has 8 radical (unpaired) electrons. The van der Waals surface area contributed by atoms with Crippen LogP contribution in [0.15, 0.2) is 59.5 Å². The number of hydrogen-bond acceptors (Lipinski definition) is 1. The van der Waals surface area contributed by atoms with E-state index >= 15 is 0 Å². The molecule has 3 aromatic carbocycles. The number of halogens is 2. The van der Waals surface area contributed by atoms with E-state index in [4.69, 9.17) is 20.5 Å². The molecule has 0 spiro atoms. The van der Waals surface area contributed by atoms with Crippen LogP contribution >= 0.6 is 0 Å². The van der Waals surface area contributed by atoms with Gasteiger partial charge in [-0.1, -0.05) is 53.5 Å². The van der Waals surface area contributed by atoms with E-state index in [0.29, 0.717) is 10.5 Å². The van der Waals surface area contributed by atoms with Crippen LogP contribution < -0.4 is 5.46 Å². The Morgan fingerprint density at radius 3 is 1.75 bits per heavy atom. The molecule has 3 rings (SSSR count). The summed E-state index contributed by atoms with van der Waals surface area (Å²) in [7, 11) is 5.36. The van der Waals surface area contributed by atoms with Crippen LogP contribution in [0, 0.1) is 17.7 Å². The molecule has 0 heterocycles. The minimum atomic E-state index is -1.06. The smallest absolute Gasteiger partial charge is 0.156 e. The molecule has 124 valence electrons. The summed E-state index contributed by atoms with van der Waals surface area (Å²) < 4.78 is 27.6. The zero-order valence-electron chi connectivity index (χ0n) is 14.9. The van der Waals surface area contributed by atoms with E-state index in [1.165, 1.54) is 12.1 Å². The fraction of sp³-hybridized carbons (Fsp3) is 0. The maximum absolute atomic E-state index is 14.0. The molecule has 0 aliphatic rings. The van der Waals surface area contributed by atoms with Crippen molar-refractivity contribution in [2.45, 2.75) is 4.90 Å². The Kier molecular flexibility index (Phi) is 27.9. The quantitative estimate of drug-likeness (QED) is 0.216. The first-order valence-corrected chi connectivity index (χ1v) is 7.01. The van der Waals surface area contributed by atoms with Crippen LogP contribution in [0.3, 0.4) is 0 Å². The second-order valence-corrected chi connectivity index (χ2v) is 5.22. The Labute approximate surface area is 322 Å². The minimum absolute atomic E-state index is 0. The number of benzene rings is 3. The monoisotopic (exact) mass is 839 g/mol. The SMILES string of the molecule is [B]c1ccc(-c2ccc(-c3ccccc3)[c-]c2[S-])c(F)c1F.[Y].[Y].[Y].[Y].[Y].[Y]. The fourth-order valence-electron chi connectivity index (χ4n) is 2.24. The number of rotatable bonds is 2. The Hall–Kier alpha value is 4.43. The summed E-state index contributed by atoms with van der Waals surface area (Å²) in [5.41, 5.74) is 2.06. The molecule has 3 aromatic rings. The van der Waals surface area contributed by atoms with Crippen LogP contribution in [0.1, 0.15) is 0 Å². The van der Waals surface area contributed by atoms with Crippen LogP contribution in [-0.2, 0) is 209 Å². The van der Waals surface area contributed by atoms with Gasteiger partial charge in [0.25, 0.3) is 0 Å². The molecule has 0 atom stereocenters. The average molecular weight is 840 g/mol. The summed E-state index contributed by atoms with van der Waals surface area (Å²) in [4.78, 5) is 0.337. The standard InChI is InChI=1S/C18H10BF2S.6Y/c19-15-9-8-14(17(20)18(15)21)13-7-6-12(10-16(13)22)11-4-2-1-3-5-11;;;;;;/h1-9,22H;;;;;;/q-1;;;;;;/p-1. The maximum atomic E-state index is 14.0. The van der Waals surface area contributed by atoms with Crippen molar-refractivity contribution in [3.8, 4) is 22.3 Å². The van der Waals surface area contributed by atoms with Gasteiger partial charge >= 0.3 is 0 Å². The van der Waals surface area contributed by atoms with Crippen molar-refractivity contribution in [1.82, 2.24) is 0 Å². The number of hydrogen-bond donors (Lipinski definition) is 0. The van der Waals surface area contributed by atoms with Crippen LogP contribution in [0.2, 0.25) is 0 Å². The van der Waals surface area contributed by atoms with Gasteiger partial charge in [-0.3, -0.25) is 4.90 Å². The molecule has 0 saturated carbocycles. The summed E-state index contributed by atoms with van der Waals surface area (Å²) in [5.74, 6) is -2.05. The fourth-order valence-corrected chi connectivity index (χ4v) is 2.53. The molecular formula is C18H9BF2SY6-2. The van der Waals surface area contributed by atoms with Crippen LogP contribution in [0.25, 0.3) is 22.3 Å². The Morgan fingerprint density at radius 2 is 1.21 bits per heavy atom. The summed E-state index contributed by atoms with van der Waals surface area (Å²) in [6, 6.07) is 18.9.